The number of amides is 3. The van der Waals surface area contributed by atoms with Crippen molar-refractivity contribution in [3.63, 3.8) is 0 Å². The molecule has 0 unspecified atom stereocenters. The Morgan fingerprint density at radius 1 is 0.746 bits per heavy atom. The summed E-state index contributed by atoms with van der Waals surface area (Å²) >= 11 is 0. The first kappa shape index (κ1) is 46.7. The Bertz CT molecular complexity index is 1740. The van der Waals surface area contributed by atoms with Crippen molar-refractivity contribution in [3.8, 4) is 0 Å². The van der Waals surface area contributed by atoms with Crippen LogP contribution in [0.3, 0.4) is 0 Å². The Labute approximate surface area is 341 Å². The highest BCUT2D eigenvalue weighted by Gasteiger charge is 2.45. The van der Waals surface area contributed by atoms with E-state index in [1.807, 2.05) is 66.7 Å². The summed E-state index contributed by atoms with van der Waals surface area (Å²) in [7, 11) is 1.60. The largest absolute Gasteiger partial charge is 0.471 e. The van der Waals surface area contributed by atoms with E-state index >= 15 is 0 Å². The van der Waals surface area contributed by atoms with E-state index in [0.29, 0.717) is 25.8 Å². The molecule has 16 heteroatoms. The molecule has 3 amide bonds. The van der Waals surface area contributed by atoms with Crippen molar-refractivity contribution in [1.82, 2.24) is 25.3 Å². The highest BCUT2D eigenvalue weighted by Crippen LogP contribution is 2.25. The van der Waals surface area contributed by atoms with Gasteiger partial charge in [0.25, 0.3) is 0 Å². The molecular formula is C43H53F6N5O5. The molecule has 3 atom stereocenters. The molecule has 2 N–H and O–H groups in total. The van der Waals surface area contributed by atoms with E-state index in [1.165, 1.54) is 4.90 Å². The number of likely N-dealkylation sites (tertiary alicyclic amines) is 1. The lowest BCUT2D eigenvalue weighted by Crippen LogP contribution is -2.53. The molecule has 2 fully saturated rings. The van der Waals surface area contributed by atoms with Crippen LogP contribution in [0.25, 0.3) is 0 Å². The second-order valence-electron chi connectivity index (χ2n) is 14.6. The third-order valence-electron chi connectivity index (χ3n) is 10.3. The predicted molar refractivity (Wildman–Crippen MR) is 210 cm³/mol. The van der Waals surface area contributed by atoms with Crippen LogP contribution in [0.4, 0.5) is 26.3 Å². The van der Waals surface area contributed by atoms with Crippen molar-refractivity contribution in [2.45, 2.75) is 88.5 Å². The lowest BCUT2D eigenvalue weighted by Gasteiger charge is -2.33. The lowest BCUT2D eigenvalue weighted by molar-refractivity contribution is -0.186. The van der Waals surface area contributed by atoms with E-state index in [9.17, 15) is 45.5 Å². The van der Waals surface area contributed by atoms with Crippen LogP contribution in [0.15, 0.2) is 91.0 Å². The van der Waals surface area contributed by atoms with Crippen LogP contribution in [0.2, 0.25) is 0 Å². The van der Waals surface area contributed by atoms with Crippen molar-refractivity contribution in [3.05, 3.63) is 108 Å². The van der Waals surface area contributed by atoms with Gasteiger partial charge in [-0.3, -0.25) is 19.2 Å². The second-order valence-corrected chi connectivity index (χ2v) is 14.6. The fraction of sp³-hybridized carbons (Fsp3) is 0.488. The lowest BCUT2D eigenvalue weighted by atomic mass is 10.1. The minimum Gasteiger partial charge on any atom is -0.461 e. The molecule has 2 heterocycles. The second kappa shape index (κ2) is 23.0. The van der Waals surface area contributed by atoms with Crippen molar-refractivity contribution in [2.24, 2.45) is 0 Å². The molecule has 0 spiro atoms. The van der Waals surface area contributed by atoms with E-state index in [1.54, 1.807) is 31.3 Å². The fourth-order valence-corrected chi connectivity index (χ4v) is 7.14. The van der Waals surface area contributed by atoms with Gasteiger partial charge in [0.2, 0.25) is 5.91 Å². The quantitative estimate of drug-likeness (QED) is 0.125. The summed E-state index contributed by atoms with van der Waals surface area (Å²) in [6, 6.07) is 26.2. The number of nitrogens with one attached hydrogen (secondary N) is 2. The molecular weight excluding hydrogens is 780 g/mol. The molecule has 3 aromatic carbocycles. The normalized spacial score (nSPS) is 17.1. The maximum Gasteiger partial charge on any atom is 0.471 e. The molecule has 2 aliphatic rings. The average Bonchev–Trinajstić information content (AvgIpc) is 3.93. The van der Waals surface area contributed by atoms with Crippen molar-refractivity contribution in [2.75, 3.05) is 46.3 Å². The van der Waals surface area contributed by atoms with Gasteiger partial charge in [0.1, 0.15) is 6.61 Å². The number of ether oxygens (including phenoxy) is 1. The molecule has 3 aromatic rings. The summed E-state index contributed by atoms with van der Waals surface area (Å²) in [5, 5.41) is 6.05. The fourth-order valence-electron chi connectivity index (χ4n) is 7.14. The van der Waals surface area contributed by atoms with Gasteiger partial charge in [0.05, 0.1) is 6.04 Å². The number of esters is 1. The first-order valence-electron chi connectivity index (χ1n) is 19.9. The predicted octanol–water partition coefficient (Wildman–Crippen LogP) is 6.09. The SMILES string of the molecule is CN[C@@H](CCC(=O)OCc1ccccc1)C(=O)N1CCC[C@H]1CN(CCc1ccccc1)C(=O)C(F)(F)F.O=C(N(CCc1ccccc1)C[C@@H]1CCCN1)C(F)(F)F. The van der Waals surface area contributed by atoms with Crippen molar-refractivity contribution < 1.29 is 50.3 Å². The molecule has 0 radical (unpaired) electrons. The van der Waals surface area contributed by atoms with Crippen LogP contribution >= 0.6 is 0 Å². The van der Waals surface area contributed by atoms with Crippen molar-refractivity contribution >= 4 is 23.7 Å². The Morgan fingerprint density at radius 3 is 1.73 bits per heavy atom. The summed E-state index contributed by atoms with van der Waals surface area (Å²) in [6.45, 7) is 1.21. The van der Waals surface area contributed by atoms with Crippen LogP contribution in [0.1, 0.15) is 55.2 Å². The van der Waals surface area contributed by atoms with Gasteiger partial charge in [0.15, 0.2) is 0 Å². The van der Waals surface area contributed by atoms with Gasteiger partial charge in [-0.05, 0) is 75.2 Å². The van der Waals surface area contributed by atoms with Gasteiger partial charge in [-0.15, -0.1) is 0 Å². The van der Waals surface area contributed by atoms with Gasteiger partial charge in [-0.1, -0.05) is 91.0 Å². The summed E-state index contributed by atoms with van der Waals surface area (Å²) in [4.78, 5) is 52.5. The van der Waals surface area contributed by atoms with E-state index in [0.717, 1.165) is 45.9 Å². The summed E-state index contributed by atoms with van der Waals surface area (Å²) < 4.78 is 83.4. The Kier molecular flexibility index (Phi) is 18.2. The van der Waals surface area contributed by atoms with Gasteiger partial charge in [-0.25, -0.2) is 0 Å². The van der Waals surface area contributed by atoms with Gasteiger partial charge >= 0.3 is 30.1 Å². The van der Waals surface area contributed by atoms with Gasteiger partial charge in [0, 0.05) is 51.2 Å². The number of likely N-dealkylation sites (N-methyl/N-ethyl adjacent to an activating group) is 1. The van der Waals surface area contributed by atoms with Crippen LogP contribution in [-0.2, 0) is 43.4 Å². The number of halogens is 6. The van der Waals surface area contributed by atoms with E-state index in [4.69, 9.17) is 4.74 Å². The smallest absolute Gasteiger partial charge is 0.461 e. The molecule has 59 heavy (non-hydrogen) atoms. The van der Waals surface area contributed by atoms with E-state index in [2.05, 4.69) is 10.6 Å². The van der Waals surface area contributed by atoms with E-state index < -0.39 is 42.2 Å². The zero-order valence-corrected chi connectivity index (χ0v) is 33.1. The Balaban J connectivity index is 0.000000308. The number of carbonyl (C=O) groups excluding carboxylic acids is 4. The number of hydrogen-bond acceptors (Lipinski definition) is 7. The van der Waals surface area contributed by atoms with Crippen LogP contribution < -0.4 is 10.6 Å². The highest BCUT2D eigenvalue weighted by atomic mass is 19.4. The maximum absolute atomic E-state index is 13.4. The summed E-state index contributed by atoms with van der Waals surface area (Å²) in [5.74, 6) is -4.39. The molecule has 0 aromatic heterocycles. The van der Waals surface area contributed by atoms with Gasteiger partial charge < -0.3 is 30.1 Å². The van der Waals surface area contributed by atoms with Crippen molar-refractivity contribution in [1.29, 1.82) is 0 Å². The Morgan fingerprint density at radius 2 is 1.25 bits per heavy atom. The van der Waals surface area contributed by atoms with E-state index in [-0.39, 0.29) is 64.0 Å². The molecule has 2 aliphatic heterocycles. The maximum atomic E-state index is 13.4. The minimum absolute atomic E-state index is 0.0122. The monoisotopic (exact) mass is 833 g/mol. The average molecular weight is 834 g/mol. The summed E-state index contributed by atoms with van der Waals surface area (Å²) in [5.41, 5.74) is 2.60. The standard InChI is InChI=1S/C28H34F3N3O4.C15H19F3N2O/c1-32-24(14-15-25(35)38-20-22-11-6-3-7-12-22)26(36)34-17-8-13-23(34)19-33(27(37)28(29,30)31)18-16-21-9-4-2-5-10-21;16-15(17,18)14(21)20(11-13-7-4-9-19-13)10-8-12-5-2-1-3-6-12/h2-7,9-12,23-24,32H,8,13-20H2,1H3;1-3,5-6,13,19H,4,7-11H2/t23-,24-;13-/m00/s1. The van der Waals surface area contributed by atoms with Crippen LogP contribution in [0, 0.1) is 0 Å². The highest BCUT2D eigenvalue weighted by molar-refractivity contribution is 5.84. The molecule has 0 bridgehead atoms. The van der Waals surface area contributed by atoms with Crippen LogP contribution in [0.5, 0.6) is 0 Å². The van der Waals surface area contributed by atoms with Gasteiger partial charge in [-0.2, -0.15) is 26.3 Å². The molecule has 0 aliphatic carbocycles. The number of nitrogens with zero attached hydrogens (tertiary/aromatic N) is 3. The topological polar surface area (TPSA) is 111 Å². The minimum atomic E-state index is -5.00. The molecule has 322 valence electrons. The number of rotatable bonds is 17. The molecule has 2 saturated heterocycles. The van der Waals surface area contributed by atoms with Crippen LogP contribution in [-0.4, -0.2) is 115 Å². The number of hydrogen-bond donors (Lipinski definition) is 2. The first-order chi connectivity index (χ1) is 28.2. The zero-order chi connectivity index (χ0) is 42.8. The molecule has 0 saturated carbocycles. The summed E-state index contributed by atoms with van der Waals surface area (Å²) in [6.07, 6.45) is -6.04. The number of alkyl halides is 6. The number of carbonyl (C=O) groups is 4. The Hall–Kier alpha value is -4.96. The third-order valence-corrected chi connectivity index (χ3v) is 10.3. The third kappa shape index (κ3) is 15.6. The zero-order valence-electron chi connectivity index (χ0n) is 33.1. The number of benzene rings is 3. The first-order valence-corrected chi connectivity index (χ1v) is 19.9. The molecule has 5 rings (SSSR count). The molecule has 10 nitrogen and oxygen atoms in total.